The van der Waals surface area contributed by atoms with Crippen LogP contribution in [0.2, 0.25) is 0 Å². The van der Waals surface area contributed by atoms with E-state index in [1.54, 1.807) is 0 Å². The molecule has 0 bridgehead atoms. The van der Waals surface area contributed by atoms with E-state index in [0.29, 0.717) is 0 Å². The van der Waals surface area contributed by atoms with Crippen molar-refractivity contribution in [2.24, 2.45) is 0 Å². The Balaban J connectivity index is 2.35. The number of aryl methyl sites for hydroxylation is 1. The highest BCUT2D eigenvalue weighted by Gasteiger charge is 2.41. The second kappa shape index (κ2) is 5.74. The maximum absolute atomic E-state index is 12.2. The van der Waals surface area contributed by atoms with Crippen molar-refractivity contribution in [3.8, 4) is 0 Å². The molecule has 2 unspecified atom stereocenters. The van der Waals surface area contributed by atoms with Crippen molar-refractivity contribution in [1.82, 2.24) is 5.32 Å². The van der Waals surface area contributed by atoms with Gasteiger partial charge in [0.05, 0.1) is 13.0 Å². The highest BCUT2D eigenvalue weighted by Crippen LogP contribution is 2.35. The van der Waals surface area contributed by atoms with E-state index < -0.39 is 0 Å². The zero-order valence-electron chi connectivity index (χ0n) is 12.0. The Morgan fingerprint density at radius 3 is 2.53 bits per heavy atom. The van der Waals surface area contributed by atoms with Gasteiger partial charge in [0.1, 0.15) is 0 Å². The number of hydrogen-bond acceptors (Lipinski definition) is 3. The van der Waals surface area contributed by atoms with Crippen LogP contribution in [0.5, 0.6) is 0 Å². The summed E-state index contributed by atoms with van der Waals surface area (Å²) in [5, 5.41) is 3.52. The maximum Gasteiger partial charge on any atom is 0.315 e. The Bertz CT molecular complexity index is 433. The third kappa shape index (κ3) is 2.98. The molecule has 2 rings (SSSR count). The first-order valence-corrected chi connectivity index (χ1v) is 6.96. The van der Waals surface area contributed by atoms with Gasteiger partial charge >= 0.3 is 5.97 Å². The van der Waals surface area contributed by atoms with E-state index >= 15 is 0 Å². The van der Waals surface area contributed by atoms with Crippen molar-refractivity contribution < 1.29 is 9.53 Å². The van der Waals surface area contributed by atoms with Gasteiger partial charge in [0, 0.05) is 5.54 Å². The minimum atomic E-state index is -0.238. The van der Waals surface area contributed by atoms with Crippen LogP contribution >= 0.6 is 0 Å². The van der Waals surface area contributed by atoms with Gasteiger partial charge in [0.25, 0.3) is 0 Å². The number of benzene rings is 1. The van der Waals surface area contributed by atoms with Crippen molar-refractivity contribution in [2.45, 2.75) is 44.6 Å². The number of ether oxygens (including phenoxy) is 1. The predicted molar refractivity (Wildman–Crippen MR) is 76.2 cm³/mol. The van der Waals surface area contributed by atoms with Crippen molar-refractivity contribution >= 4 is 5.97 Å². The van der Waals surface area contributed by atoms with E-state index in [9.17, 15) is 4.79 Å². The van der Waals surface area contributed by atoms with Crippen molar-refractivity contribution in [3.63, 3.8) is 0 Å². The molecular weight excluding hydrogens is 238 g/mol. The zero-order chi connectivity index (χ0) is 13.9. The molecule has 1 saturated heterocycles. The third-order valence-electron chi connectivity index (χ3n) is 4.14. The van der Waals surface area contributed by atoms with Gasteiger partial charge in [0.15, 0.2) is 0 Å². The molecule has 3 nitrogen and oxygen atoms in total. The van der Waals surface area contributed by atoms with Crippen LogP contribution in [0.3, 0.4) is 0 Å². The first kappa shape index (κ1) is 14.1. The van der Waals surface area contributed by atoms with E-state index in [0.717, 1.165) is 24.9 Å². The number of hydrogen-bond donors (Lipinski definition) is 1. The fraction of sp³-hybridized carbons (Fsp3) is 0.562. The second-order valence-electron chi connectivity index (χ2n) is 5.67. The third-order valence-corrected chi connectivity index (χ3v) is 4.14. The van der Waals surface area contributed by atoms with Gasteiger partial charge < -0.3 is 10.1 Å². The van der Waals surface area contributed by atoms with Crippen LogP contribution in [0.25, 0.3) is 0 Å². The molecule has 1 aromatic rings. The van der Waals surface area contributed by atoms with Crippen LogP contribution < -0.4 is 5.32 Å². The molecule has 1 aliphatic rings. The molecule has 104 valence electrons. The maximum atomic E-state index is 12.2. The molecule has 1 aromatic carbocycles. The molecule has 0 saturated carbocycles. The lowest BCUT2D eigenvalue weighted by Gasteiger charge is -2.40. The lowest BCUT2D eigenvalue weighted by Crippen LogP contribution is -2.53. The molecule has 1 heterocycles. The largest absolute Gasteiger partial charge is 0.468 e. The molecule has 0 aromatic heterocycles. The molecule has 1 aliphatic heterocycles. The summed E-state index contributed by atoms with van der Waals surface area (Å²) >= 11 is 0. The average molecular weight is 261 g/mol. The van der Waals surface area contributed by atoms with Crippen LogP contribution in [0.15, 0.2) is 24.3 Å². The Morgan fingerprint density at radius 2 is 2.00 bits per heavy atom. The Hall–Kier alpha value is -1.35. The highest BCUT2D eigenvalue weighted by molar-refractivity contribution is 5.80. The number of carbonyl (C=O) groups excluding carboxylic acids is 1. The Labute approximate surface area is 115 Å². The van der Waals surface area contributed by atoms with E-state index in [-0.39, 0.29) is 17.4 Å². The fourth-order valence-electron chi connectivity index (χ4n) is 2.97. The summed E-state index contributed by atoms with van der Waals surface area (Å²) in [4.78, 5) is 12.2. The van der Waals surface area contributed by atoms with Gasteiger partial charge in [0.2, 0.25) is 0 Å². The molecule has 3 heteroatoms. The first-order valence-electron chi connectivity index (χ1n) is 6.96. The lowest BCUT2D eigenvalue weighted by molar-refractivity contribution is -0.144. The first-order chi connectivity index (χ1) is 9.07. The summed E-state index contributed by atoms with van der Waals surface area (Å²) in [6, 6.07) is 8.19. The fourth-order valence-corrected chi connectivity index (χ4v) is 2.97. The summed E-state index contributed by atoms with van der Waals surface area (Å²) < 4.78 is 5.04. The van der Waals surface area contributed by atoms with E-state index in [2.05, 4.69) is 31.3 Å². The highest BCUT2D eigenvalue weighted by atomic mass is 16.5. The molecule has 2 atom stereocenters. The van der Waals surface area contributed by atoms with Crippen molar-refractivity contribution in [3.05, 3.63) is 35.4 Å². The molecule has 1 fully saturated rings. The summed E-state index contributed by atoms with van der Waals surface area (Å²) in [6.07, 6.45) is 3.33. The monoisotopic (exact) mass is 261 g/mol. The summed E-state index contributed by atoms with van der Waals surface area (Å²) in [5.74, 6) is -0.390. The van der Waals surface area contributed by atoms with Gasteiger partial charge in [-0.3, -0.25) is 4.79 Å². The van der Waals surface area contributed by atoms with E-state index in [1.807, 2.05) is 12.1 Å². The second-order valence-corrected chi connectivity index (χ2v) is 5.67. The normalized spacial score (nSPS) is 24.8. The molecule has 0 radical (unpaired) electrons. The van der Waals surface area contributed by atoms with Gasteiger partial charge in [-0.2, -0.15) is 0 Å². The number of nitrogens with one attached hydrogen (secondary N) is 1. The molecule has 0 amide bonds. The van der Waals surface area contributed by atoms with Gasteiger partial charge in [-0.05, 0) is 38.8 Å². The topological polar surface area (TPSA) is 38.3 Å². The molecule has 1 N–H and O–H groups in total. The van der Waals surface area contributed by atoms with Crippen LogP contribution in [0.1, 0.15) is 43.2 Å². The average Bonchev–Trinajstić information content (AvgIpc) is 2.41. The SMILES string of the molecule is COC(=O)C(c1ccc(C)cc1)C1(C)CCCCN1. The van der Waals surface area contributed by atoms with E-state index in [1.165, 1.54) is 19.1 Å². The van der Waals surface area contributed by atoms with Crippen molar-refractivity contribution in [1.29, 1.82) is 0 Å². The van der Waals surface area contributed by atoms with Crippen molar-refractivity contribution in [2.75, 3.05) is 13.7 Å². The number of carbonyl (C=O) groups is 1. The van der Waals surface area contributed by atoms with Crippen LogP contribution in [0, 0.1) is 6.92 Å². The lowest BCUT2D eigenvalue weighted by atomic mass is 9.75. The van der Waals surface area contributed by atoms with Crippen LogP contribution in [-0.4, -0.2) is 25.2 Å². The zero-order valence-corrected chi connectivity index (χ0v) is 12.0. The molecular formula is C16H23NO2. The van der Waals surface area contributed by atoms with Crippen LogP contribution in [0.4, 0.5) is 0 Å². The number of methoxy groups -OCH3 is 1. The Kier molecular flexibility index (Phi) is 4.25. The van der Waals surface area contributed by atoms with Gasteiger partial charge in [-0.15, -0.1) is 0 Å². The van der Waals surface area contributed by atoms with Crippen LogP contribution in [-0.2, 0) is 9.53 Å². The number of rotatable bonds is 3. The quantitative estimate of drug-likeness (QED) is 0.850. The standard InChI is InChI=1S/C16H23NO2/c1-12-6-8-13(9-7-12)14(15(18)19-3)16(2)10-4-5-11-17-16/h6-9,14,17H,4-5,10-11H2,1-3H3. The number of esters is 1. The smallest absolute Gasteiger partial charge is 0.315 e. The molecule has 0 spiro atoms. The summed E-state index contributed by atoms with van der Waals surface area (Å²) in [5.41, 5.74) is 2.03. The summed E-state index contributed by atoms with van der Waals surface area (Å²) in [7, 11) is 1.47. The van der Waals surface area contributed by atoms with Gasteiger partial charge in [-0.25, -0.2) is 0 Å². The van der Waals surface area contributed by atoms with Gasteiger partial charge in [-0.1, -0.05) is 36.2 Å². The molecule has 19 heavy (non-hydrogen) atoms. The predicted octanol–water partition coefficient (Wildman–Crippen LogP) is 2.78. The molecule has 0 aliphatic carbocycles. The van der Waals surface area contributed by atoms with E-state index in [4.69, 9.17) is 4.74 Å². The summed E-state index contributed by atoms with van der Waals surface area (Å²) in [6.45, 7) is 5.15. The Morgan fingerprint density at radius 1 is 1.32 bits per heavy atom. The minimum Gasteiger partial charge on any atom is -0.468 e. The number of piperidine rings is 1. The minimum absolute atomic E-state index is 0.152.